The summed E-state index contributed by atoms with van der Waals surface area (Å²) < 4.78 is 2.06. The van der Waals surface area contributed by atoms with Crippen LogP contribution in [0.2, 0.25) is 0 Å². The molecular weight excluding hydrogens is 234 g/mol. The van der Waals surface area contributed by atoms with Gasteiger partial charge < -0.3 is 5.73 Å². The monoisotopic (exact) mass is 257 g/mol. The van der Waals surface area contributed by atoms with Crippen LogP contribution in [-0.4, -0.2) is 15.8 Å². The number of aromatic nitrogens is 2. The van der Waals surface area contributed by atoms with Gasteiger partial charge in [-0.1, -0.05) is 25.1 Å². The molecule has 0 saturated carbocycles. The van der Waals surface area contributed by atoms with E-state index in [9.17, 15) is 0 Å². The SMILES string of the molecule is CCc1c(C)nn(-c2ccccc2CC(C)N)c1C. The van der Waals surface area contributed by atoms with Gasteiger partial charge in [-0.05, 0) is 50.8 Å². The van der Waals surface area contributed by atoms with Crippen molar-refractivity contribution in [2.24, 2.45) is 5.73 Å². The van der Waals surface area contributed by atoms with Crippen molar-refractivity contribution in [3.8, 4) is 5.69 Å². The summed E-state index contributed by atoms with van der Waals surface area (Å²) in [7, 11) is 0. The molecule has 102 valence electrons. The Kier molecular flexibility index (Phi) is 4.05. The zero-order valence-corrected chi connectivity index (χ0v) is 12.3. The Bertz CT molecular complexity index is 567. The van der Waals surface area contributed by atoms with Crippen molar-refractivity contribution in [1.29, 1.82) is 0 Å². The molecule has 2 aromatic rings. The van der Waals surface area contributed by atoms with Crippen molar-refractivity contribution in [3.63, 3.8) is 0 Å². The first-order valence-electron chi connectivity index (χ1n) is 6.93. The number of aryl methyl sites for hydroxylation is 1. The van der Waals surface area contributed by atoms with Crippen LogP contribution in [0.5, 0.6) is 0 Å². The van der Waals surface area contributed by atoms with Crippen LogP contribution in [0, 0.1) is 13.8 Å². The topological polar surface area (TPSA) is 43.8 Å². The molecule has 1 aromatic heterocycles. The molecule has 0 aliphatic heterocycles. The van der Waals surface area contributed by atoms with Gasteiger partial charge in [-0.3, -0.25) is 0 Å². The Morgan fingerprint density at radius 1 is 1.26 bits per heavy atom. The lowest BCUT2D eigenvalue weighted by Crippen LogP contribution is -2.19. The molecule has 1 heterocycles. The van der Waals surface area contributed by atoms with Gasteiger partial charge in [0.1, 0.15) is 0 Å². The minimum atomic E-state index is 0.156. The highest BCUT2D eigenvalue weighted by Gasteiger charge is 2.13. The van der Waals surface area contributed by atoms with E-state index in [0.717, 1.165) is 24.2 Å². The minimum Gasteiger partial charge on any atom is -0.328 e. The maximum absolute atomic E-state index is 5.94. The Morgan fingerprint density at radius 3 is 2.53 bits per heavy atom. The number of para-hydroxylation sites is 1. The fourth-order valence-corrected chi connectivity index (χ4v) is 2.66. The average Bonchev–Trinajstić information content (AvgIpc) is 2.64. The van der Waals surface area contributed by atoms with Gasteiger partial charge in [0.2, 0.25) is 0 Å². The summed E-state index contributed by atoms with van der Waals surface area (Å²) in [5.74, 6) is 0. The molecule has 3 heteroatoms. The lowest BCUT2D eigenvalue weighted by Gasteiger charge is -2.13. The van der Waals surface area contributed by atoms with Crippen molar-refractivity contribution >= 4 is 0 Å². The summed E-state index contributed by atoms with van der Waals surface area (Å²) in [6.45, 7) is 8.43. The van der Waals surface area contributed by atoms with E-state index >= 15 is 0 Å². The van der Waals surface area contributed by atoms with Gasteiger partial charge in [0.25, 0.3) is 0 Å². The van der Waals surface area contributed by atoms with Gasteiger partial charge in [-0.15, -0.1) is 0 Å². The van der Waals surface area contributed by atoms with Gasteiger partial charge >= 0.3 is 0 Å². The molecule has 0 saturated heterocycles. The first-order valence-corrected chi connectivity index (χ1v) is 6.93. The standard InChI is InChI=1S/C16H23N3/c1-5-15-12(3)18-19(13(15)4)16-9-7-6-8-14(16)10-11(2)17/h6-9,11H,5,10,17H2,1-4H3. The Hall–Kier alpha value is -1.61. The van der Waals surface area contributed by atoms with Crippen LogP contribution in [0.1, 0.15) is 36.4 Å². The molecule has 19 heavy (non-hydrogen) atoms. The largest absolute Gasteiger partial charge is 0.328 e. The number of rotatable bonds is 4. The van der Waals surface area contributed by atoms with Crippen LogP contribution in [-0.2, 0) is 12.8 Å². The highest BCUT2D eigenvalue weighted by atomic mass is 15.3. The zero-order valence-electron chi connectivity index (χ0n) is 12.3. The second kappa shape index (κ2) is 5.57. The van der Waals surface area contributed by atoms with Gasteiger partial charge in [0.15, 0.2) is 0 Å². The van der Waals surface area contributed by atoms with Crippen LogP contribution in [0.3, 0.4) is 0 Å². The second-order valence-corrected chi connectivity index (χ2v) is 5.22. The fraction of sp³-hybridized carbons (Fsp3) is 0.438. The molecule has 0 spiro atoms. The molecule has 1 aromatic carbocycles. The van der Waals surface area contributed by atoms with Gasteiger partial charge in [-0.25, -0.2) is 4.68 Å². The molecule has 0 aliphatic carbocycles. The highest BCUT2D eigenvalue weighted by Crippen LogP contribution is 2.21. The molecule has 0 radical (unpaired) electrons. The summed E-state index contributed by atoms with van der Waals surface area (Å²) in [4.78, 5) is 0. The van der Waals surface area contributed by atoms with Crippen molar-refractivity contribution in [3.05, 3.63) is 46.8 Å². The minimum absolute atomic E-state index is 0.156. The first kappa shape index (κ1) is 13.8. The Morgan fingerprint density at radius 2 is 1.95 bits per heavy atom. The lowest BCUT2D eigenvalue weighted by atomic mass is 10.1. The quantitative estimate of drug-likeness (QED) is 0.915. The molecule has 1 atom stereocenters. The Balaban J connectivity index is 2.53. The van der Waals surface area contributed by atoms with Crippen LogP contribution in [0.15, 0.2) is 24.3 Å². The number of hydrogen-bond acceptors (Lipinski definition) is 2. The fourth-order valence-electron chi connectivity index (χ4n) is 2.66. The van der Waals surface area contributed by atoms with E-state index in [2.05, 4.69) is 49.7 Å². The van der Waals surface area contributed by atoms with E-state index in [1.807, 2.05) is 6.92 Å². The maximum Gasteiger partial charge on any atom is 0.0681 e. The van der Waals surface area contributed by atoms with Crippen molar-refractivity contribution in [2.75, 3.05) is 0 Å². The molecule has 1 unspecified atom stereocenters. The van der Waals surface area contributed by atoms with E-state index in [1.165, 1.54) is 16.8 Å². The Labute approximate surface area is 115 Å². The van der Waals surface area contributed by atoms with Crippen LogP contribution in [0.4, 0.5) is 0 Å². The maximum atomic E-state index is 5.94. The van der Waals surface area contributed by atoms with E-state index in [-0.39, 0.29) is 6.04 Å². The number of nitrogens with zero attached hydrogens (tertiary/aromatic N) is 2. The highest BCUT2D eigenvalue weighted by molar-refractivity contribution is 5.44. The third-order valence-corrected chi connectivity index (χ3v) is 3.56. The van der Waals surface area contributed by atoms with Gasteiger partial charge in [0, 0.05) is 11.7 Å². The van der Waals surface area contributed by atoms with Crippen molar-refractivity contribution in [2.45, 2.75) is 46.6 Å². The van der Waals surface area contributed by atoms with E-state index < -0.39 is 0 Å². The van der Waals surface area contributed by atoms with E-state index in [0.29, 0.717) is 0 Å². The molecular formula is C16H23N3. The van der Waals surface area contributed by atoms with E-state index in [4.69, 9.17) is 10.8 Å². The number of hydrogen-bond donors (Lipinski definition) is 1. The third kappa shape index (κ3) is 2.71. The van der Waals surface area contributed by atoms with Crippen molar-refractivity contribution in [1.82, 2.24) is 9.78 Å². The molecule has 2 rings (SSSR count). The molecule has 0 aliphatic rings. The molecule has 0 bridgehead atoms. The van der Waals surface area contributed by atoms with E-state index in [1.54, 1.807) is 0 Å². The summed E-state index contributed by atoms with van der Waals surface area (Å²) in [6, 6.07) is 8.54. The molecule has 3 nitrogen and oxygen atoms in total. The smallest absolute Gasteiger partial charge is 0.0681 e. The van der Waals surface area contributed by atoms with Gasteiger partial charge in [-0.2, -0.15) is 5.10 Å². The summed E-state index contributed by atoms with van der Waals surface area (Å²) in [5.41, 5.74) is 12.0. The average molecular weight is 257 g/mol. The third-order valence-electron chi connectivity index (χ3n) is 3.56. The lowest BCUT2D eigenvalue weighted by molar-refractivity contribution is 0.723. The second-order valence-electron chi connectivity index (χ2n) is 5.22. The summed E-state index contributed by atoms with van der Waals surface area (Å²) >= 11 is 0. The summed E-state index contributed by atoms with van der Waals surface area (Å²) in [6.07, 6.45) is 1.89. The summed E-state index contributed by atoms with van der Waals surface area (Å²) in [5, 5.41) is 4.70. The zero-order chi connectivity index (χ0) is 14.0. The predicted octanol–water partition coefficient (Wildman–Crippen LogP) is 2.94. The predicted molar refractivity (Wildman–Crippen MR) is 79.8 cm³/mol. The van der Waals surface area contributed by atoms with Crippen LogP contribution < -0.4 is 5.73 Å². The number of nitrogens with two attached hydrogens (primary N) is 1. The van der Waals surface area contributed by atoms with Crippen molar-refractivity contribution < 1.29 is 0 Å². The van der Waals surface area contributed by atoms with Crippen LogP contribution in [0.25, 0.3) is 5.69 Å². The van der Waals surface area contributed by atoms with Crippen LogP contribution >= 0.6 is 0 Å². The molecule has 0 amide bonds. The molecule has 2 N–H and O–H groups in total. The normalized spacial score (nSPS) is 12.7. The molecule has 0 fully saturated rings. The van der Waals surface area contributed by atoms with Gasteiger partial charge in [0.05, 0.1) is 11.4 Å². The number of benzene rings is 1. The first-order chi connectivity index (χ1) is 9.04.